The second kappa shape index (κ2) is 5.06. The molecule has 2 atom stereocenters. The molecule has 0 saturated heterocycles. The number of hydrogen-bond donors (Lipinski definition) is 1. The van der Waals surface area contributed by atoms with Gasteiger partial charge in [0.05, 0.1) is 10.9 Å². The van der Waals surface area contributed by atoms with Crippen molar-refractivity contribution in [3.05, 3.63) is 58.8 Å². The van der Waals surface area contributed by atoms with Crippen LogP contribution in [0.4, 0.5) is 0 Å². The zero-order valence-electron chi connectivity index (χ0n) is 9.61. The zero-order chi connectivity index (χ0) is 13.2. The Morgan fingerprint density at radius 2 is 2.00 bits per heavy atom. The first-order chi connectivity index (χ1) is 8.56. The highest BCUT2D eigenvalue weighted by Crippen LogP contribution is 2.43. The molecule has 0 spiro atoms. The van der Waals surface area contributed by atoms with Crippen LogP contribution in [-0.2, 0) is 4.87 Å². The summed E-state index contributed by atoms with van der Waals surface area (Å²) in [7, 11) is 0. The maximum atomic E-state index is 8.89. The van der Waals surface area contributed by atoms with Gasteiger partial charge in [0.1, 0.15) is 0 Å². The molecular formula is C14H12Cl2N2. The summed E-state index contributed by atoms with van der Waals surface area (Å²) in [6.45, 7) is 0. The van der Waals surface area contributed by atoms with Crippen LogP contribution in [0.3, 0.4) is 0 Å². The van der Waals surface area contributed by atoms with Gasteiger partial charge in [0, 0.05) is 23.1 Å². The van der Waals surface area contributed by atoms with Gasteiger partial charge in [0.2, 0.25) is 0 Å². The summed E-state index contributed by atoms with van der Waals surface area (Å²) < 4.78 is 0. The molecule has 1 aliphatic carbocycles. The molecule has 4 heteroatoms. The van der Waals surface area contributed by atoms with Crippen LogP contribution in [0.25, 0.3) is 0 Å². The number of allylic oxidation sites excluding steroid dienone is 3. The van der Waals surface area contributed by atoms with Gasteiger partial charge >= 0.3 is 0 Å². The van der Waals surface area contributed by atoms with Crippen molar-refractivity contribution in [1.29, 1.82) is 5.26 Å². The van der Waals surface area contributed by atoms with Gasteiger partial charge in [-0.1, -0.05) is 29.8 Å². The molecule has 2 nitrogen and oxygen atoms in total. The van der Waals surface area contributed by atoms with Crippen LogP contribution in [0, 0.1) is 17.2 Å². The number of nitriles is 1. The summed E-state index contributed by atoms with van der Waals surface area (Å²) in [5.74, 6) is -0.0994. The van der Waals surface area contributed by atoms with Crippen LogP contribution < -0.4 is 5.73 Å². The highest BCUT2D eigenvalue weighted by molar-refractivity contribution is 6.30. The van der Waals surface area contributed by atoms with E-state index in [0.717, 1.165) is 5.56 Å². The Kier molecular flexibility index (Phi) is 3.65. The van der Waals surface area contributed by atoms with E-state index in [1.54, 1.807) is 24.3 Å². The van der Waals surface area contributed by atoms with Crippen molar-refractivity contribution in [1.82, 2.24) is 0 Å². The molecule has 1 aromatic carbocycles. The third-order valence-corrected chi connectivity index (χ3v) is 3.89. The smallest absolute Gasteiger partial charge is 0.0970 e. The number of nitrogens with two attached hydrogens (primary N) is 1. The maximum Gasteiger partial charge on any atom is 0.0970 e. The number of hydrogen-bond acceptors (Lipinski definition) is 2. The monoisotopic (exact) mass is 278 g/mol. The van der Waals surface area contributed by atoms with Gasteiger partial charge in [-0.15, -0.1) is 11.6 Å². The van der Waals surface area contributed by atoms with Crippen LogP contribution in [0.15, 0.2) is 48.2 Å². The first kappa shape index (κ1) is 13.0. The highest BCUT2D eigenvalue weighted by Gasteiger charge is 2.37. The molecule has 18 heavy (non-hydrogen) atoms. The topological polar surface area (TPSA) is 49.8 Å². The summed E-state index contributed by atoms with van der Waals surface area (Å²) in [6, 6.07) is 9.45. The number of rotatable bonds is 2. The predicted molar refractivity (Wildman–Crippen MR) is 74.1 cm³/mol. The molecule has 92 valence electrons. The molecule has 1 aromatic rings. The van der Waals surface area contributed by atoms with Crippen LogP contribution in [-0.4, -0.2) is 0 Å². The van der Waals surface area contributed by atoms with E-state index in [4.69, 9.17) is 34.2 Å². The Bertz CT molecular complexity index is 540. The summed E-state index contributed by atoms with van der Waals surface area (Å²) >= 11 is 12.6. The van der Waals surface area contributed by atoms with Crippen LogP contribution in [0.1, 0.15) is 12.0 Å². The Labute approximate surface area is 116 Å². The minimum absolute atomic E-state index is 0.0994. The van der Waals surface area contributed by atoms with Crippen LogP contribution in [0.5, 0.6) is 0 Å². The number of alkyl halides is 1. The van der Waals surface area contributed by atoms with Crippen molar-refractivity contribution in [2.24, 2.45) is 11.7 Å². The number of benzene rings is 1. The third kappa shape index (κ3) is 2.38. The van der Waals surface area contributed by atoms with Crippen molar-refractivity contribution in [3.8, 4) is 6.07 Å². The molecule has 0 amide bonds. The van der Waals surface area contributed by atoms with Crippen molar-refractivity contribution < 1.29 is 0 Å². The summed E-state index contributed by atoms with van der Waals surface area (Å²) in [4.78, 5) is -0.779. The Balaban J connectivity index is 2.45. The number of nitrogens with zero attached hydrogens (tertiary/aromatic N) is 1. The van der Waals surface area contributed by atoms with E-state index in [0.29, 0.717) is 17.1 Å². The van der Waals surface area contributed by atoms with Gasteiger partial charge in [0.15, 0.2) is 0 Å². The fraction of sp³-hybridized carbons (Fsp3) is 0.214. The Morgan fingerprint density at radius 1 is 1.33 bits per heavy atom. The van der Waals surface area contributed by atoms with Crippen molar-refractivity contribution in [3.63, 3.8) is 0 Å². The SMILES string of the molecule is N#CCC1C=CC(N)=CC1(Cl)c1ccc(Cl)cc1. The van der Waals surface area contributed by atoms with E-state index in [1.165, 1.54) is 0 Å². The van der Waals surface area contributed by atoms with Crippen molar-refractivity contribution >= 4 is 23.2 Å². The third-order valence-electron chi connectivity index (χ3n) is 3.04. The second-order valence-electron chi connectivity index (χ2n) is 4.25. The molecule has 0 saturated carbocycles. The van der Waals surface area contributed by atoms with Crippen LogP contribution >= 0.6 is 23.2 Å². The van der Waals surface area contributed by atoms with E-state index in [1.807, 2.05) is 18.2 Å². The molecule has 0 bridgehead atoms. The van der Waals surface area contributed by atoms with Gasteiger partial charge in [-0.25, -0.2) is 0 Å². The second-order valence-corrected chi connectivity index (χ2v) is 5.31. The minimum atomic E-state index is -0.779. The summed E-state index contributed by atoms with van der Waals surface area (Å²) in [5, 5.41) is 9.54. The van der Waals surface area contributed by atoms with E-state index in [-0.39, 0.29) is 5.92 Å². The fourth-order valence-corrected chi connectivity index (χ4v) is 2.61. The Hall–Kier alpha value is -1.43. The van der Waals surface area contributed by atoms with Gasteiger partial charge in [-0.2, -0.15) is 5.26 Å². The largest absolute Gasteiger partial charge is 0.399 e. The average Bonchev–Trinajstić information content (AvgIpc) is 2.34. The highest BCUT2D eigenvalue weighted by atomic mass is 35.5. The Morgan fingerprint density at radius 3 is 2.61 bits per heavy atom. The predicted octanol–water partition coefficient (Wildman–Crippen LogP) is 3.72. The van der Waals surface area contributed by atoms with Crippen molar-refractivity contribution in [2.45, 2.75) is 11.3 Å². The van der Waals surface area contributed by atoms with E-state index in [2.05, 4.69) is 6.07 Å². The zero-order valence-corrected chi connectivity index (χ0v) is 11.1. The standard InChI is InChI=1S/C14H12Cl2N2/c15-12-4-1-10(2-5-12)14(16)9-13(18)6-3-11(14)7-8-17/h1-6,9,11H,7,18H2. The molecule has 2 unspecified atom stereocenters. The quantitative estimate of drug-likeness (QED) is 0.839. The lowest BCUT2D eigenvalue weighted by atomic mass is 9.80. The molecule has 2 N–H and O–H groups in total. The normalized spacial score (nSPS) is 26.5. The average molecular weight is 279 g/mol. The molecule has 1 aliphatic rings. The summed E-state index contributed by atoms with van der Waals surface area (Å²) in [5.41, 5.74) is 7.31. The lowest BCUT2D eigenvalue weighted by Crippen LogP contribution is -2.29. The van der Waals surface area contributed by atoms with Gasteiger partial charge in [-0.3, -0.25) is 0 Å². The van der Waals surface area contributed by atoms with E-state index in [9.17, 15) is 0 Å². The first-order valence-electron chi connectivity index (χ1n) is 5.54. The molecular weight excluding hydrogens is 267 g/mol. The van der Waals surface area contributed by atoms with E-state index >= 15 is 0 Å². The fourth-order valence-electron chi connectivity index (χ4n) is 2.08. The van der Waals surface area contributed by atoms with Crippen LogP contribution in [0.2, 0.25) is 5.02 Å². The molecule has 0 aromatic heterocycles. The lowest BCUT2D eigenvalue weighted by Gasteiger charge is -2.33. The first-order valence-corrected chi connectivity index (χ1v) is 6.30. The number of halogens is 2. The minimum Gasteiger partial charge on any atom is -0.399 e. The maximum absolute atomic E-state index is 8.89. The van der Waals surface area contributed by atoms with Crippen molar-refractivity contribution in [2.75, 3.05) is 0 Å². The molecule has 0 fully saturated rings. The molecule has 0 heterocycles. The van der Waals surface area contributed by atoms with Gasteiger partial charge in [0.25, 0.3) is 0 Å². The van der Waals surface area contributed by atoms with Gasteiger partial charge in [-0.05, 0) is 29.8 Å². The molecule has 2 rings (SSSR count). The molecule has 0 aliphatic heterocycles. The molecule has 0 radical (unpaired) electrons. The lowest BCUT2D eigenvalue weighted by molar-refractivity contribution is 0.530. The van der Waals surface area contributed by atoms with Gasteiger partial charge < -0.3 is 5.73 Å². The summed E-state index contributed by atoms with van der Waals surface area (Å²) in [6.07, 6.45) is 5.81. The van der Waals surface area contributed by atoms with E-state index < -0.39 is 4.87 Å².